The van der Waals surface area contributed by atoms with Gasteiger partial charge in [-0.25, -0.2) is 0 Å². The molecule has 0 amide bonds. The Kier molecular flexibility index (Phi) is 7.68. The van der Waals surface area contributed by atoms with Crippen LogP contribution in [-0.2, 0) is 0 Å². The summed E-state index contributed by atoms with van der Waals surface area (Å²) in [6.45, 7) is 4.14. The van der Waals surface area contributed by atoms with E-state index in [1.165, 1.54) is 43.7 Å². The van der Waals surface area contributed by atoms with Gasteiger partial charge >= 0.3 is 0 Å². The van der Waals surface area contributed by atoms with Crippen molar-refractivity contribution in [1.29, 1.82) is 0 Å². The quantitative estimate of drug-likeness (QED) is 0.139. The lowest BCUT2D eigenvalue weighted by Crippen LogP contribution is -2.64. The van der Waals surface area contributed by atoms with Crippen LogP contribution in [0, 0.1) is 13.8 Å². The molecule has 0 bridgehead atoms. The summed E-state index contributed by atoms with van der Waals surface area (Å²) in [5.41, 5.74) is 21.9. The molecule has 0 spiro atoms. The van der Waals surface area contributed by atoms with E-state index in [9.17, 15) is 0 Å². The van der Waals surface area contributed by atoms with Crippen LogP contribution in [0.15, 0.2) is 140 Å². The van der Waals surface area contributed by atoms with Gasteiger partial charge in [-0.3, -0.25) is 8.61 Å². The van der Waals surface area contributed by atoms with Crippen LogP contribution in [-0.4, -0.2) is 32.6 Å². The molecule has 8 aromatic carbocycles. The number of anilines is 8. The van der Waals surface area contributed by atoms with E-state index in [-0.39, 0.29) is 20.1 Å². The predicted molar refractivity (Wildman–Crippen MR) is 273 cm³/mol. The van der Waals surface area contributed by atoms with Crippen molar-refractivity contribution in [2.45, 2.75) is 13.8 Å². The predicted octanol–water partition coefficient (Wildman–Crippen LogP) is 7.43. The van der Waals surface area contributed by atoms with Crippen LogP contribution in [0.2, 0.25) is 0 Å². The van der Waals surface area contributed by atoms with Gasteiger partial charge in [0.1, 0.15) is 34.5 Å². The molecule has 0 aliphatic carbocycles. The van der Waals surface area contributed by atoms with Crippen LogP contribution < -0.4 is 82.6 Å². The van der Waals surface area contributed by atoms with Gasteiger partial charge in [0.15, 0.2) is 0 Å². The molecule has 14 rings (SSSR count). The van der Waals surface area contributed by atoms with Gasteiger partial charge in [0.05, 0.1) is 17.1 Å². The topological polar surface area (TPSA) is 58.2 Å². The largest absolute Gasteiger partial charge is 0.458 e. The van der Waals surface area contributed by atoms with E-state index < -0.39 is 0 Å². The minimum Gasteiger partial charge on any atom is -0.458 e. The van der Waals surface area contributed by atoms with Gasteiger partial charge in [-0.1, -0.05) is 66.7 Å². The molecule has 2 N–H and O–H groups in total. The van der Waals surface area contributed by atoms with Crippen LogP contribution >= 0.6 is 23.9 Å². The van der Waals surface area contributed by atoms with Crippen LogP contribution in [0.5, 0.6) is 34.5 Å². The maximum absolute atomic E-state index is 7.28. The molecule has 12 heteroatoms. The second-order valence-corrected chi connectivity index (χ2v) is 19.0. The van der Waals surface area contributed by atoms with Gasteiger partial charge in [-0.2, -0.15) is 0 Å². The number of hydrogen-bond donors (Lipinski definition) is 2. The highest BCUT2D eigenvalue weighted by Gasteiger charge is 2.48. The van der Waals surface area contributed by atoms with E-state index in [0.29, 0.717) is 0 Å². The Morgan fingerprint density at radius 2 is 0.969 bits per heavy atom. The number of rotatable bonds is 4. The molecule has 0 atom stereocenters. The second-order valence-electron chi connectivity index (χ2n) is 17.5. The van der Waals surface area contributed by atoms with Gasteiger partial charge in [-0.15, -0.1) is 0 Å². The summed E-state index contributed by atoms with van der Waals surface area (Å²) in [6, 6.07) is 50.6. The lowest BCUT2D eigenvalue weighted by Gasteiger charge is -2.43. The molecule has 7 nitrogen and oxygen atoms in total. The first-order chi connectivity index (χ1) is 31.4. The molecule has 0 aromatic heterocycles. The Balaban J connectivity index is 1.04. The van der Waals surface area contributed by atoms with Crippen molar-refractivity contribution in [3.8, 4) is 34.5 Å². The molecular weight excluding hydrogens is 825 g/mol. The number of nitrogens with one attached hydrogen (secondary N) is 2. The first kappa shape index (κ1) is 36.7. The van der Waals surface area contributed by atoms with Gasteiger partial charge < -0.3 is 24.8 Å². The second kappa shape index (κ2) is 13.4. The molecule has 0 unspecified atom stereocenters. The summed E-state index contributed by atoms with van der Waals surface area (Å²) in [5.74, 6) is 5.38. The Morgan fingerprint density at radius 3 is 1.67 bits per heavy atom. The zero-order chi connectivity index (χ0) is 42.5. The third-order valence-electron chi connectivity index (χ3n) is 13.8. The molecule has 0 saturated heterocycles. The number of fused-ring (bicyclic) bond motifs is 12. The van der Waals surface area contributed by atoms with Crippen molar-refractivity contribution in [3.05, 3.63) is 151 Å². The van der Waals surface area contributed by atoms with Crippen molar-refractivity contribution in [2.24, 2.45) is 0 Å². The molecule has 6 heterocycles. The first-order valence-electron chi connectivity index (χ1n) is 21.7. The summed E-state index contributed by atoms with van der Waals surface area (Å²) in [7, 11) is 0. The molecule has 6 aliphatic rings. The first-order valence-corrected chi connectivity index (χ1v) is 24.1. The summed E-state index contributed by atoms with van der Waals surface area (Å²) in [4.78, 5) is 0. The van der Waals surface area contributed by atoms with E-state index in [4.69, 9.17) is 14.2 Å². The summed E-state index contributed by atoms with van der Waals surface area (Å²) in [6.07, 6.45) is 4.33. The summed E-state index contributed by atoms with van der Waals surface area (Å²) in [5, 5.41) is 7.63. The SMILES string of the molecule is CSN1c2cc3c(cc2B2c4ccccc4Oc4cc(C)cc1c42)B1c2cc4c(cc2N(SC)c2cc(Nc5ccccc5)cc(c21)O3)Nc1cc(C)cc2c1B4c1ccccc1O2. The Bertz CT molecular complexity index is 3390. The number of aryl methyl sites for hydroxylation is 2. The number of ether oxygens (including phenoxy) is 3. The maximum Gasteiger partial charge on any atom is 0.256 e. The minimum atomic E-state index is -0.126. The fourth-order valence-electron chi connectivity index (χ4n) is 11.4. The maximum atomic E-state index is 7.28. The molecule has 64 heavy (non-hydrogen) atoms. The average Bonchev–Trinajstić information content (AvgIpc) is 3.30. The highest BCUT2D eigenvalue weighted by molar-refractivity contribution is 8.00. The van der Waals surface area contributed by atoms with Gasteiger partial charge in [0, 0.05) is 53.1 Å². The molecule has 304 valence electrons. The highest BCUT2D eigenvalue weighted by atomic mass is 32.2. The van der Waals surface area contributed by atoms with Crippen molar-refractivity contribution in [2.75, 3.05) is 31.8 Å². The summed E-state index contributed by atoms with van der Waals surface area (Å²) < 4.78 is 25.4. The number of hydrogen-bond acceptors (Lipinski definition) is 9. The van der Waals surface area contributed by atoms with Crippen molar-refractivity contribution >= 4 is 139 Å². The van der Waals surface area contributed by atoms with Crippen LogP contribution in [0.3, 0.4) is 0 Å². The van der Waals surface area contributed by atoms with Crippen LogP contribution in [0.4, 0.5) is 45.5 Å². The van der Waals surface area contributed by atoms with Gasteiger partial charge in [0.2, 0.25) is 0 Å². The molecule has 0 fully saturated rings. The van der Waals surface area contributed by atoms with E-state index in [2.05, 4.69) is 179 Å². The van der Waals surface area contributed by atoms with Crippen LogP contribution in [0.25, 0.3) is 0 Å². The van der Waals surface area contributed by atoms with Crippen molar-refractivity contribution in [1.82, 2.24) is 0 Å². The lowest BCUT2D eigenvalue weighted by molar-refractivity contribution is 0.486. The molecule has 8 aromatic rings. The van der Waals surface area contributed by atoms with Gasteiger partial charge in [-0.05, 0) is 159 Å². The summed E-state index contributed by atoms with van der Waals surface area (Å²) >= 11 is 3.44. The van der Waals surface area contributed by atoms with Gasteiger partial charge in [0.25, 0.3) is 20.1 Å². The lowest BCUT2D eigenvalue weighted by atomic mass is 9.30. The molecule has 0 saturated carbocycles. The van der Waals surface area contributed by atoms with Crippen molar-refractivity contribution < 1.29 is 14.2 Å². The fourth-order valence-corrected chi connectivity index (χ4v) is 12.8. The van der Waals surface area contributed by atoms with Crippen molar-refractivity contribution in [3.63, 3.8) is 0 Å². The normalized spacial score (nSPS) is 14.4. The Hall–Kier alpha value is -6.75. The third kappa shape index (κ3) is 5.06. The monoisotopic (exact) mass is 862 g/mol. The standard InChI is InChI=1S/C52H37B3N4O3S2/c1-28-18-39-50-47(20-28)60-44-16-10-8-14-32(44)53(50)34-24-35-40(26-38(34)57-39)58(63-3)43-22-31(56-30-12-6-5-7-13-30)23-49-52(43)55(35)37-25-36-41(27-46(37)62-49)59(64-4)42-19-29(2)21-48-51(42)54(36)33-15-9-11-17-45(33)61-48/h5-27,56-57H,1-4H3. The number of benzene rings is 8. The zero-order valence-corrected chi connectivity index (χ0v) is 37.1. The fraction of sp³-hybridized carbons (Fsp3) is 0.0769. The number of para-hydroxylation sites is 3. The Morgan fingerprint density at radius 1 is 0.422 bits per heavy atom. The smallest absolute Gasteiger partial charge is 0.256 e. The zero-order valence-electron chi connectivity index (χ0n) is 35.4. The van der Waals surface area contributed by atoms with E-state index >= 15 is 0 Å². The van der Waals surface area contributed by atoms with Crippen LogP contribution in [0.1, 0.15) is 11.1 Å². The Labute approximate surface area is 381 Å². The van der Waals surface area contributed by atoms with E-state index in [0.717, 1.165) is 96.6 Å². The van der Waals surface area contributed by atoms with E-state index in [1.807, 2.05) is 6.07 Å². The van der Waals surface area contributed by atoms with E-state index in [1.54, 1.807) is 23.9 Å². The number of nitrogens with zero attached hydrogens (tertiary/aromatic N) is 2. The highest BCUT2D eigenvalue weighted by Crippen LogP contribution is 2.46. The minimum absolute atomic E-state index is 0.00625. The molecular formula is C52H37B3N4O3S2. The molecule has 6 aliphatic heterocycles. The average molecular weight is 862 g/mol. The molecule has 0 radical (unpaired) electrons. The third-order valence-corrected chi connectivity index (χ3v) is 15.3.